The zero-order chi connectivity index (χ0) is 23.4. The summed E-state index contributed by atoms with van der Waals surface area (Å²) in [6, 6.07) is 8.78. The first-order chi connectivity index (χ1) is 15.2. The van der Waals surface area contributed by atoms with Gasteiger partial charge in [-0.1, -0.05) is 17.7 Å². The van der Waals surface area contributed by atoms with E-state index in [4.69, 9.17) is 21.7 Å². The number of aromatic nitrogens is 1. The molecule has 0 fully saturated rings. The molecule has 0 radical (unpaired) electrons. The molecule has 0 saturated heterocycles. The average molecular weight is 461 g/mol. The topological polar surface area (TPSA) is 80.1 Å². The molecule has 1 aromatic heterocycles. The Morgan fingerprint density at radius 2 is 1.72 bits per heavy atom. The second kappa shape index (κ2) is 9.74. The molecule has 0 bridgehead atoms. The van der Waals surface area contributed by atoms with Gasteiger partial charge in [0.05, 0.1) is 11.3 Å². The van der Waals surface area contributed by atoms with Crippen molar-refractivity contribution < 1.29 is 27.5 Å². The highest BCUT2D eigenvalue weighted by molar-refractivity contribution is 6.30. The van der Waals surface area contributed by atoms with Gasteiger partial charge >= 0.3 is 5.97 Å². The number of rotatable bonds is 7. The lowest BCUT2D eigenvalue weighted by molar-refractivity contribution is -0.147. The van der Waals surface area contributed by atoms with Crippen molar-refractivity contribution in [1.29, 1.82) is 5.41 Å². The van der Waals surface area contributed by atoms with Crippen LogP contribution in [0.5, 0.6) is 0 Å². The van der Waals surface area contributed by atoms with E-state index in [2.05, 4.69) is 4.98 Å². The minimum absolute atomic E-state index is 0.0651. The Balaban J connectivity index is 2.20. The molecule has 2 aromatic carbocycles. The number of ketones is 1. The Hall–Kier alpha value is -3.52. The first kappa shape index (κ1) is 23.1. The summed E-state index contributed by atoms with van der Waals surface area (Å²) in [5.74, 6) is -6.43. The number of carbonyl (C=O) groups is 2. The second-order valence-electron chi connectivity index (χ2n) is 6.82. The van der Waals surface area contributed by atoms with Gasteiger partial charge in [-0.15, -0.1) is 0 Å². The Morgan fingerprint density at radius 1 is 1.03 bits per heavy atom. The van der Waals surface area contributed by atoms with E-state index in [1.54, 1.807) is 0 Å². The van der Waals surface area contributed by atoms with Crippen LogP contribution in [0.2, 0.25) is 5.02 Å². The fourth-order valence-corrected chi connectivity index (χ4v) is 3.36. The maximum atomic E-state index is 14.6. The zero-order valence-electron chi connectivity index (χ0n) is 16.6. The molecule has 2 unspecified atom stereocenters. The minimum Gasteiger partial charge on any atom is -0.456 e. The molecule has 0 saturated carbocycles. The van der Waals surface area contributed by atoms with Crippen molar-refractivity contribution >= 4 is 29.1 Å². The van der Waals surface area contributed by atoms with Crippen LogP contribution < -0.4 is 0 Å². The van der Waals surface area contributed by atoms with E-state index < -0.39 is 52.5 Å². The number of nitrogens with one attached hydrogen (secondary N) is 1. The number of carbonyl (C=O) groups excluding carboxylic acids is 2. The lowest BCUT2D eigenvalue weighted by Gasteiger charge is -2.27. The summed E-state index contributed by atoms with van der Waals surface area (Å²) in [7, 11) is 0. The van der Waals surface area contributed by atoms with Gasteiger partial charge in [0, 0.05) is 41.5 Å². The van der Waals surface area contributed by atoms with Gasteiger partial charge in [-0.25, -0.2) is 13.2 Å². The van der Waals surface area contributed by atoms with Crippen LogP contribution in [0, 0.1) is 28.8 Å². The highest BCUT2D eigenvalue weighted by Gasteiger charge is 2.39. The molecule has 2 atom stereocenters. The Labute approximate surface area is 186 Å². The van der Waals surface area contributed by atoms with Gasteiger partial charge in [-0.2, -0.15) is 0 Å². The molecule has 0 aliphatic heterocycles. The largest absolute Gasteiger partial charge is 0.456 e. The average Bonchev–Trinajstić information content (AvgIpc) is 2.73. The van der Waals surface area contributed by atoms with E-state index in [-0.39, 0.29) is 16.1 Å². The third-order valence-electron chi connectivity index (χ3n) is 4.62. The SMILES string of the molecule is CC(=O)OC(c1cccnc1)C(C(=N)c1ccc(Cl)cc1F)C(=O)c1ccc(F)cc1F. The Bertz CT molecular complexity index is 1120. The van der Waals surface area contributed by atoms with Crippen LogP contribution in [0.1, 0.15) is 34.5 Å². The number of Topliss-reactive ketones (excluding diaryl/α,β-unsaturated/α-hetero) is 1. The van der Waals surface area contributed by atoms with Gasteiger partial charge in [-0.05, 0) is 36.4 Å². The highest BCUT2D eigenvalue weighted by Crippen LogP contribution is 2.33. The van der Waals surface area contributed by atoms with E-state index >= 15 is 0 Å². The van der Waals surface area contributed by atoms with E-state index in [9.17, 15) is 22.8 Å². The van der Waals surface area contributed by atoms with Crippen molar-refractivity contribution in [3.8, 4) is 0 Å². The molecule has 3 rings (SSSR count). The predicted octanol–water partition coefficient (Wildman–Crippen LogP) is 5.32. The molecular formula is C23H16ClF3N2O3. The molecule has 0 aliphatic carbocycles. The predicted molar refractivity (Wildman–Crippen MR) is 111 cm³/mol. The van der Waals surface area contributed by atoms with Crippen molar-refractivity contribution in [2.45, 2.75) is 13.0 Å². The van der Waals surface area contributed by atoms with Gasteiger partial charge in [-0.3, -0.25) is 14.6 Å². The van der Waals surface area contributed by atoms with Crippen molar-refractivity contribution in [3.05, 3.63) is 100 Å². The van der Waals surface area contributed by atoms with Crippen molar-refractivity contribution in [2.24, 2.45) is 5.92 Å². The standard InChI is InChI=1S/C23H16ClF3N2O3/c1-12(30)32-23(13-3-2-8-29-11-13)20(21(28)16-6-4-14(24)9-18(16)26)22(31)17-7-5-15(25)10-19(17)27/h2-11,20,23,28H,1H3. The van der Waals surface area contributed by atoms with Gasteiger partial charge in [0.25, 0.3) is 0 Å². The lowest BCUT2D eigenvalue weighted by atomic mass is 9.82. The summed E-state index contributed by atoms with van der Waals surface area (Å²) >= 11 is 5.78. The van der Waals surface area contributed by atoms with Crippen LogP contribution in [0.4, 0.5) is 13.2 Å². The molecule has 32 heavy (non-hydrogen) atoms. The monoisotopic (exact) mass is 460 g/mol. The number of hydrogen-bond acceptors (Lipinski definition) is 5. The number of benzene rings is 2. The van der Waals surface area contributed by atoms with Crippen molar-refractivity contribution in [2.75, 3.05) is 0 Å². The van der Waals surface area contributed by atoms with Gasteiger partial charge in [0.1, 0.15) is 29.5 Å². The smallest absolute Gasteiger partial charge is 0.303 e. The minimum atomic E-state index is -1.67. The first-order valence-corrected chi connectivity index (χ1v) is 9.67. The fourth-order valence-electron chi connectivity index (χ4n) is 3.20. The molecule has 9 heteroatoms. The molecule has 0 amide bonds. The molecular weight excluding hydrogens is 445 g/mol. The highest BCUT2D eigenvalue weighted by atomic mass is 35.5. The van der Waals surface area contributed by atoms with Crippen LogP contribution in [-0.2, 0) is 9.53 Å². The summed E-state index contributed by atoms with van der Waals surface area (Å²) in [4.78, 5) is 29.2. The number of nitrogens with zero attached hydrogens (tertiary/aromatic N) is 1. The number of hydrogen-bond donors (Lipinski definition) is 1. The normalized spacial score (nSPS) is 12.7. The van der Waals surface area contributed by atoms with E-state index in [0.29, 0.717) is 6.07 Å². The van der Waals surface area contributed by atoms with Crippen LogP contribution >= 0.6 is 11.6 Å². The Morgan fingerprint density at radius 3 is 2.31 bits per heavy atom. The van der Waals surface area contributed by atoms with Crippen molar-refractivity contribution in [3.63, 3.8) is 0 Å². The van der Waals surface area contributed by atoms with Gasteiger partial charge in [0.15, 0.2) is 5.78 Å². The summed E-state index contributed by atoms with van der Waals surface area (Å²) in [5.41, 5.74) is -1.20. The molecule has 3 aromatic rings. The third-order valence-corrected chi connectivity index (χ3v) is 4.86. The van der Waals surface area contributed by atoms with E-state index in [0.717, 1.165) is 25.1 Å². The molecule has 5 nitrogen and oxygen atoms in total. The van der Waals surface area contributed by atoms with Gasteiger partial charge in [0.2, 0.25) is 0 Å². The molecule has 0 aliphatic rings. The third kappa shape index (κ3) is 5.03. The molecule has 0 spiro atoms. The second-order valence-corrected chi connectivity index (χ2v) is 7.26. The molecule has 1 heterocycles. The molecule has 1 N–H and O–H groups in total. The quantitative estimate of drug-likeness (QED) is 0.294. The first-order valence-electron chi connectivity index (χ1n) is 9.29. The number of ether oxygens (including phenoxy) is 1. The van der Waals surface area contributed by atoms with Crippen molar-refractivity contribution in [1.82, 2.24) is 4.98 Å². The lowest BCUT2D eigenvalue weighted by Crippen LogP contribution is -2.34. The summed E-state index contributed by atoms with van der Waals surface area (Å²) < 4.78 is 47.8. The Kier molecular flexibility index (Phi) is 7.05. The maximum Gasteiger partial charge on any atom is 0.303 e. The summed E-state index contributed by atoms with van der Waals surface area (Å²) in [5, 5.41) is 8.67. The van der Waals surface area contributed by atoms with Crippen LogP contribution in [0.15, 0.2) is 60.9 Å². The number of pyridine rings is 1. The van der Waals surface area contributed by atoms with Crippen LogP contribution in [-0.4, -0.2) is 22.4 Å². The zero-order valence-corrected chi connectivity index (χ0v) is 17.4. The molecule has 164 valence electrons. The van der Waals surface area contributed by atoms with Gasteiger partial charge < -0.3 is 10.1 Å². The summed E-state index contributed by atoms with van der Waals surface area (Å²) in [6.07, 6.45) is 1.32. The van der Waals surface area contributed by atoms with Crippen LogP contribution in [0.25, 0.3) is 0 Å². The fraction of sp³-hybridized carbons (Fsp3) is 0.130. The summed E-state index contributed by atoms with van der Waals surface area (Å²) in [6.45, 7) is 1.09. The number of esters is 1. The van der Waals surface area contributed by atoms with Crippen LogP contribution in [0.3, 0.4) is 0 Å². The van der Waals surface area contributed by atoms with E-state index in [1.807, 2.05) is 0 Å². The number of halogens is 4. The van der Waals surface area contributed by atoms with E-state index in [1.165, 1.54) is 36.7 Å². The maximum absolute atomic E-state index is 14.6.